The molecule has 0 fully saturated rings. The summed E-state index contributed by atoms with van der Waals surface area (Å²) in [6.07, 6.45) is 0.629. The van der Waals surface area contributed by atoms with E-state index in [0.29, 0.717) is 33.2 Å². The third-order valence-electron chi connectivity index (χ3n) is 6.45. The molecule has 5 aromatic rings. The highest BCUT2D eigenvalue weighted by Gasteiger charge is 2.26. The number of carboxylic acid groups (broad SMARTS) is 1. The quantitative estimate of drug-likeness (QED) is 0.195. The molecule has 0 aliphatic rings. The summed E-state index contributed by atoms with van der Waals surface area (Å²) in [5.41, 5.74) is 1.82. The topological polar surface area (TPSA) is 142 Å². The monoisotopic (exact) mass is 500 g/mol. The largest absolute Gasteiger partial charge is 0.508 e. The summed E-state index contributed by atoms with van der Waals surface area (Å²) in [6, 6.07) is 14.1. The minimum atomic E-state index is -1.22. The van der Waals surface area contributed by atoms with Gasteiger partial charge in [-0.1, -0.05) is 18.2 Å². The summed E-state index contributed by atoms with van der Waals surface area (Å²) in [6.45, 7) is 3.24. The minimum absolute atomic E-state index is 0.00444. The summed E-state index contributed by atoms with van der Waals surface area (Å²) in [7, 11) is 0. The standard InChI is InChI=1S/C28H24N2O7/c1-14-24(10-8-19-18-5-3-4-6-20(18)28(35)37-25(14)19)36-15(2)26(32)30-23(27(33)34)11-16-13-29-22-9-7-17(31)12-21(16)22/h3-10,12-13,15,23,29,31H,11H2,1-2H3,(H,30,32)(H,33,34)/t15-,23-/m1/s1. The zero-order chi connectivity index (χ0) is 26.3. The molecule has 1 amide bonds. The lowest BCUT2D eigenvalue weighted by molar-refractivity contribution is -0.142. The number of nitrogens with one attached hydrogen (secondary N) is 2. The van der Waals surface area contributed by atoms with Gasteiger partial charge in [-0.25, -0.2) is 9.59 Å². The van der Waals surface area contributed by atoms with E-state index in [-0.39, 0.29) is 12.2 Å². The van der Waals surface area contributed by atoms with Crippen LogP contribution in [0.2, 0.25) is 0 Å². The third-order valence-corrected chi connectivity index (χ3v) is 6.45. The van der Waals surface area contributed by atoms with Gasteiger partial charge in [-0.2, -0.15) is 0 Å². The first-order valence-corrected chi connectivity index (χ1v) is 11.7. The van der Waals surface area contributed by atoms with Crippen molar-refractivity contribution < 1.29 is 29.0 Å². The lowest BCUT2D eigenvalue weighted by atomic mass is 10.0. The normalized spacial score (nSPS) is 13.0. The Labute approximate surface area is 210 Å². The number of rotatable bonds is 7. The Hall–Kier alpha value is -4.79. The number of amides is 1. The van der Waals surface area contributed by atoms with Gasteiger partial charge in [-0.05, 0) is 61.2 Å². The molecule has 3 aromatic carbocycles. The maximum atomic E-state index is 12.9. The summed E-state index contributed by atoms with van der Waals surface area (Å²) in [5.74, 6) is -1.42. The van der Waals surface area contributed by atoms with E-state index >= 15 is 0 Å². The van der Waals surface area contributed by atoms with Crippen molar-refractivity contribution in [3.8, 4) is 11.5 Å². The van der Waals surface area contributed by atoms with Gasteiger partial charge in [0.05, 0.1) is 5.39 Å². The SMILES string of the molecule is Cc1c(O[C@H](C)C(=O)N[C@H](Cc2c[nH]c3ccc(O)cc23)C(=O)O)ccc2c1oc(=O)c1ccccc12. The predicted molar refractivity (Wildman–Crippen MR) is 138 cm³/mol. The van der Waals surface area contributed by atoms with Crippen molar-refractivity contribution in [3.05, 3.63) is 82.3 Å². The fraction of sp³-hybridized carbons (Fsp3) is 0.179. The highest BCUT2D eigenvalue weighted by molar-refractivity contribution is 6.05. The van der Waals surface area contributed by atoms with Crippen LogP contribution in [0.1, 0.15) is 18.1 Å². The molecule has 5 rings (SSSR count). The Balaban J connectivity index is 1.36. The lowest BCUT2D eigenvalue weighted by Gasteiger charge is -2.20. The zero-order valence-corrected chi connectivity index (χ0v) is 20.1. The first kappa shape index (κ1) is 23.9. The van der Waals surface area contributed by atoms with Crippen LogP contribution in [-0.2, 0) is 16.0 Å². The second-order valence-corrected chi connectivity index (χ2v) is 8.91. The van der Waals surface area contributed by atoms with Crippen LogP contribution in [0, 0.1) is 6.92 Å². The molecule has 0 spiro atoms. The Bertz CT molecular complexity index is 1730. The maximum absolute atomic E-state index is 12.9. The molecule has 0 unspecified atom stereocenters. The van der Waals surface area contributed by atoms with Gasteiger partial charge < -0.3 is 29.7 Å². The van der Waals surface area contributed by atoms with Crippen LogP contribution in [0.5, 0.6) is 11.5 Å². The molecular formula is C28H24N2O7. The summed E-state index contributed by atoms with van der Waals surface area (Å²) >= 11 is 0. The van der Waals surface area contributed by atoms with Crippen LogP contribution in [0.25, 0.3) is 32.6 Å². The number of carbonyl (C=O) groups excluding carboxylic acids is 1. The molecule has 0 aliphatic heterocycles. The number of hydrogen-bond acceptors (Lipinski definition) is 6. The van der Waals surface area contributed by atoms with Gasteiger partial charge in [0.25, 0.3) is 5.91 Å². The highest BCUT2D eigenvalue weighted by atomic mass is 16.5. The van der Waals surface area contributed by atoms with Crippen LogP contribution >= 0.6 is 0 Å². The number of hydrogen-bond donors (Lipinski definition) is 4. The van der Waals surface area contributed by atoms with E-state index in [1.807, 2.05) is 12.1 Å². The Morgan fingerprint density at radius 1 is 1.05 bits per heavy atom. The fourth-order valence-corrected chi connectivity index (χ4v) is 4.48. The van der Waals surface area contributed by atoms with Crippen molar-refractivity contribution >= 4 is 44.5 Å². The van der Waals surface area contributed by atoms with Gasteiger partial charge in [-0.3, -0.25) is 4.79 Å². The molecule has 0 aliphatic carbocycles. The molecule has 0 saturated heterocycles. The number of H-pyrrole nitrogens is 1. The number of carboxylic acids is 1. The molecule has 0 saturated carbocycles. The molecule has 2 atom stereocenters. The van der Waals surface area contributed by atoms with Gasteiger partial charge >= 0.3 is 11.6 Å². The highest BCUT2D eigenvalue weighted by Crippen LogP contribution is 2.31. The fourth-order valence-electron chi connectivity index (χ4n) is 4.48. The summed E-state index contributed by atoms with van der Waals surface area (Å²) < 4.78 is 11.4. The first-order valence-electron chi connectivity index (χ1n) is 11.7. The number of aromatic hydroxyl groups is 1. The molecule has 2 aromatic heterocycles. The number of carbonyl (C=O) groups is 2. The molecular weight excluding hydrogens is 476 g/mol. The first-order chi connectivity index (χ1) is 17.7. The van der Waals surface area contributed by atoms with Gasteiger partial charge in [0.2, 0.25) is 0 Å². The zero-order valence-electron chi connectivity index (χ0n) is 20.1. The van der Waals surface area contributed by atoms with Crippen LogP contribution in [0.3, 0.4) is 0 Å². The van der Waals surface area contributed by atoms with Crippen LogP contribution in [0.15, 0.2) is 70.0 Å². The number of phenolic OH excluding ortho intramolecular Hbond substituents is 1. The number of aromatic amines is 1. The molecule has 37 heavy (non-hydrogen) atoms. The minimum Gasteiger partial charge on any atom is -0.508 e. The average molecular weight is 501 g/mol. The molecule has 9 heteroatoms. The van der Waals surface area contributed by atoms with Crippen molar-refractivity contribution in [2.45, 2.75) is 32.4 Å². The lowest BCUT2D eigenvalue weighted by Crippen LogP contribution is -2.47. The number of fused-ring (bicyclic) bond motifs is 4. The smallest absolute Gasteiger partial charge is 0.344 e. The van der Waals surface area contributed by atoms with Crippen molar-refractivity contribution in [2.24, 2.45) is 0 Å². The van der Waals surface area contributed by atoms with Crippen LogP contribution < -0.4 is 15.7 Å². The number of aromatic nitrogens is 1. The van der Waals surface area contributed by atoms with Crippen LogP contribution in [-0.4, -0.2) is 39.2 Å². The van der Waals surface area contributed by atoms with Crippen molar-refractivity contribution in [1.82, 2.24) is 10.3 Å². The van der Waals surface area contributed by atoms with Gasteiger partial charge in [-0.15, -0.1) is 0 Å². The number of benzene rings is 3. The number of aryl methyl sites for hydroxylation is 1. The van der Waals surface area contributed by atoms with Crippen molar-refractivity contribution in [2.75, 3.05) is 0 Å². The second kappa shape index (κ2) is 9.34. The molecule has 9 nitrogen and oxygen atoms in total. The second-order valence-electron chi connectivity index (χ2n) is 8.91. The molecule has 4 N–H and O–H groups in total. The van der Waals surface area contributed by atoms with Crippen molar-refractivity contribution in [1.29, 1.82) is 0 Å². The molecule has 0 radical (unpaired) electrons. The number of phenols is 1. The number of aliphatic carboxylic acids is 1. The van der Waals surface area contributed by atoms with E-state index in [1.54, 1.807) is 43.5 Å². The van der Waals surface area contributed by atoms with E-state index in [2.05, 4.69) is 10.3 Å². The Morgan fingerprint density at radius 2 is 1.81 bits per heavy atom. The summed E-state index contributed by atoms with van der Waals surface area (Å²) in [5, 5.41) is 24.7. The molecule has 2 heterocycles. The van der Waals surface area contributed by atoms with Crippen molar-refractivity contribution in [3.63, 3.8) is 0 Å². The van der Waals surface area contributed by atoms with E-state index in [4.69, 9.17) is 9.15 Å². The van der Waals surface area contributed by atoms with Gasteiger partial charge in [0.15, 0.2) is 6.10 Å². The Kier molecular flexibility index (Phi) is 6.04. The maximum Gasteiger partial charge on any atom is 0.344 e. The van der Waals surface area contributed by atoms with E-state index < -0.39 is 29.6 Å². The molecule has 0 bridgehead atoms. The van der Waals surface area contributed by atoms with Gasteiger partial charge in [0, 0.05) is 34.5 Å². The molecule has 188 valence electrons. The third kappa shape index (κ3) is 4.47. The summed E-state index contributed by atoms with van der Waals surface area (Å²) in [4.78, 5) is 40.3. The van der Waals surface area contributed by atoms with Crippen LogP contribution in [0.4, 0.5) is 0 Å². The van der Waals surface area contributed by atoms with E-state index in [0.717, 1.165) is 16.3 Å². The Morgan fingerprint density at radius 3 is 2.57 bits per heavy atom. The average Bonchev–Trinajstić information content (AvgIpc) is 3.27. The van der Waals surface area contributed by atoms with E-state index in [1.165, 1.54) is 19.1 Å². The van der Waals surface area contributed by atoms with Gasteiger partial charge in [0.1, 0.15) is 23.1 Å². The number of ether oxygens (including phenoxy) is 1. The predicted octanol–water partition coefficient (Wildman–Crippen LogP) is 4.02. The van der Waals surface area contributed by atoms with E-state index in [9.17, 15) is 24.6 Å².